The summed E-state index contributed by atoms with van der Waals surface area (Å²) in [7, 11) is 0. The van der Waals surface area contributed by atoms with Crippen LogP contribution in [-0.2, 0) is 0 Å². The second-order valence-electron chi connectivity index (χ2n) is 5.96. The summed E-state index contributed by atoms with van der Waals surface area (Å²) in [5.74, 6) is 0.862. The van der Waals surface area contributed by atoms with Crippen LogP contribution in [0.15, 0.2) is 24.3 Å². The molecule has 1 aromatic carbocycles. The molecule has 1 saturated carbocycles. The predicted octanol–water partition coefficient (Wildman–Crippen LogP) is 4.24. The van der Waals surface area contributed by atoms with Crippen molar-refractivity contribution in [3.63, 3.8) is 0 Å². The number of nitrogens with two attached hydrogens (primary N) is 1. The molecule has 2 rings (SSSR count). The van der Waals surface area contributed by atoms with Crippen molar-refractivity contribution < 1.29 is 0 Å². The van der Waals surface area contributed by atoms with Crippen LogP contribution < -0.4 is 5.73 Å². The molecule has 2 nitrogen and oxygen atoms in total. The summed E-state index contributed by atoms with van der Waals surface area (Å²) in [4.78, 5) is 2.55. The summed E-state index contributed by atoms with van der Waals surface area (Å²) < 4.78 is 0. The van der Waals surface area contributed by atoms with Gasteiger partial charge in [-0.1, -0.05) is 44.0 Å². The monoisotopic (exact) mass is 294 g/mol. The van der Waals surface area contributed by atoms with Crippen LogP contribution in [0.3, 0.4) is 0 Å². The van der Waals surface area contributed by atoms with Crippen LogP contribution in [0.1, 0.15) is 51.1 Å². The zero-order valence-corrected chi connectivity index (χ0v) is 13.4. The Morgan fingerprint density at radius 3 is 2.60 bits per heavy atom. The Hall–Kier alpha value is -0.570. The van der Waals surface area contributed by atoms with Gasteiger partial charge >= 0.3 is 0 Å². The molecule has 2 atom stereocenters. The minimum absolute atomic E-state index is 0.161. The highest BCUT2D eigenvalue weighted by Gasteiger charge is 2.28. The number of hydrogen-bond acceptors (Lipinski definition) is 2. The van der Waals surface area contributed by atoms with Crippen molar-refractivity contribution in [2.75, 3.05) is 13.1 Å². The second kappa shape index (κ2) is 7.44. The number of benzene rings is 1. The quantitative estimate of drug-likeness (QED) is 0.815. The van der Waals surface area contributed by atoms with E-state index >= 15 is 0 Å². The second-order valence-corrected chi connectivity index (χ2v) is 6.39. The van der Waals surface area contributed by atoms with E-state index in [1.54, 1.807) is 0 Å². The lowest BCUT2D eigenvalue weighted by Crippen LogP contribution is -2.43. The first-order valence-electron chi connectivity index (χ1n) is 7.90. The van der Waals surface area contributed by atoms with Gasteiger partial charge in [-0.3, -0.25) is 4.90 Å². The first kappa shape index (κ1) is 15.8. The van der Waals surface area contributed by atoms with E-state index in [1.165, 1.54) is 31.4 Å². The minimum atomic E-state index is 0.161. The smallest absolute Gasteiger partial charge is 0.0499 e. The van der Waals surface area contributed by atoms with Gasteiger partial charge in [0.1, 0.15) is 0 Å². The Kier molecular flexibility index (Phi) is 5.88. The summed E-state index contributed by atoms with van der Waals surface area (Å²) in [5.41, 5.74) is 7.68. The van der Waals surface area contributed by atoms with E-state index in [0.717, 1.165) is 23.9 Å². The fourth-order valence-corrected chi connectivity index (χ4v) is 3.29. The van der Waals surface area contributed by atoms with Gasteiger partial charge in [0.25, 0.3) is 0 Å². The number of hydrogen-bond donors (Lipinski definition) is 1. The number of rotatable bonds is 7. The molecule has 0 radical (unpaired) electrons. The van der Waals surface area contributed by atoms with Gasteiger partial charge in [0.15, 0.2) is 0 Å². The van der Waals surface area contributed by atoms with Crippen LogP contribution >= 0.6 is 11.6 Å². The van der Waals surface area contributed by atoms with E-state index in [1.807, 2.05) is 12.1 Å². The third-order valence-corrected chi connectivity index (χ3v) is 4.82. The molecular formula is C17H27ClN2. The Balaban J connectivity index is 2.20. The van der Waals surface area contributed by atoms with E-state index in [9.17, 15) is 0 Å². The Morgan fingerprint density at radius 1 is 1.35 bits per heavy atom. The lowest BCUT2D eigenvalue weighted by atomic mass is 9.84. The van der Waals surface area contributed by atoms with Gasteiger partial charge in [-0.2, -0.15) is 0 Å². The van der Waals surface area contributed by atoms with Gasteiger partial charge in [0.05, 0.1) is 0 Å². The van der Waals surface area contributed by atoms with Crippen molar-refractivity contribution in [2.24, 2.45) is 11.7 Å². The first-order chi connectivity index (χ1) is 9.65. The molecule has 0 saturated heterocycles. The maximum absolute atomic E-state index is 6.43. The lowest BCUT2D eigenvalue weighted by Gasteiger charge is -2.39. The summed E-state index contributed by atoms with van der Waals surface area (Å²) in [6, 6.07) is 8.64. The average molecular weight is 295 g/mol. The van der Waals surface area contributed by atoms with Crippen molar-refractivity contribution in [3.8, 4) is 0 Å². The third kappa shape index (κ3) is 3.75. The molecular weight excluding hydrogens is 268 g/mol. The molecule has 112 valence electrons. The van der Waals surface area contributed by atoms with E-state index < -0.39 is 0 Å². The van der Waals surface area contributed by atoms with Crippen molar-refractivity contribution >= 4 is 11.6 Å². The van der Waals surface area contributed by atoms with Crippen LogP contribution in [0.2, 0.25) is 5.02 Å². The third-order valence-electron chi connectivity index (χ3n) is 4.58. The molecule has 2 unspecified atom stereocenters. The Bertz CT molecular complexity index is 417. The zero-order chi connectivity index (χ0) is 14.5. The Labute approximate surface area is 128 Å². The van der Waals surface area contributed by atoms with Gasteiger partial charge in [0.2, 0.25) is 0 Å². The average Bonchev–Trinajstić information content (AvgIpc) is 2.40. The predicted molar refractivity (Wildman–Crippen MR) is 87.0 cm³/mol. The molecule has 0 spiro atoms. The molecule has 1 aliphatic rings. The molecule has 0 aromatic heterocycles. The van der Waals surface area contributed by atoms with Crippen molar-refractivity contribution in [1.29, 1.82) is 0 Å². The normalized spacial score (nSPS) is 18.9. The molecule has 2 N–H and O–H groups in total. The van der Waals surface area contributed by atoms with Crippen LogP contribution in [0, 0.1) is 5.92 Å². The molecule has 0 aliphatic heterocycles. The van der Waals surface area contributed by atoms with Gasteiger partial charge in [-0.05, 0) is 49.4 Å². The fourth-order valence-electron chi connectivity index (χ4n) is 3.09. The number of nitrogens with zero attached hydrogens (tertiary/aromatic N) is 1. The Morgan fingerprint density at radius 2 is 2.10 bits per heavy atom. The summed E-state index contributed by atoms with van der Waals surface area (Å²) in [6.45, 7) is 6.61. The van der Waals surface area contributed by atoms with E-state index in [2.05, 4.69) is 30.9 Å². The van der Waals surface area contributed by atoms with Crippen molar-refractivity contribution in [1.82, 2.24) is 4.90 Å². The highest BCUT2D eigenvalue weighted by molar-refractivity contribution is 6.30. The van der Waals surface area contributed by atoms with E-state index in [0.29, 0.717) is 0 Å². The van der Waals surface area contributed by atoms with Crippen LogP contribution in [0.4, 0.5) is 0 Å². The SMILES string of the molecule is CCC(N)C(c1cccc(Cl)c1)N(CC)CC1CCC1. The lowest BCUT2D eigenvalue weighted by molar-refractivity contribution is 0.121. The van der Waals surface area contributed by atoms with Gasteiger partial charge in [-0.15, -0.1) is 0 Å². The largest absolute Gasteiger partial charge is 0.326 e. The molecule has 0 amide bonds. The molecule has 3 heteroatoms. The standard InChI is InChI=1S/C17H27ClN2/c1-3-16(19)17(14-9-6-10-15(18)11-14)20(4-2)12-13-7-5-8-13/h6,9-11,13,16-17H,3-5,7-8,12,19H2,1-2H3. The van der Waals surface area contributed by atoms with Gasteiger partial charge in [-0.25, -0.2) is 0 Å². The molecule has 0 heterocycles. The van der Waals surface area contributed by atoms with E-state index in [-0.39, 0.29) is 12.1 Å². The highest BCUT2D eigenvalue weighted by Crippen LogP contribution is 2.32. The molecule has 1 fully saturated rings. The van der Waals surface area contributed by atoms with Gasteiger partial charge < -0.3 is 5.73 Å². The first-order valence-corrected chi connectivity index (χ1v) is 8.28. The molecule has 0 bridgehead atoms. The maximum atomic E-state index is 6.43. The topological polar surface area (TPSA) is 29.3 Å². The summed E-state index contributed by atoms with van der Waals surface area (Å²) in [6.07, 6.45) is 5.13. The number of halogens is 1. The van der Waals surface area contributed by atoms with Crippen LogP contribution in [0.25, 0.3) is 0 Å². The fraction of sp³-hybridized carbons (Fsp3) is 0.647. The highest BCUT2D eigenvalue weighted by atomic mass is 35.5. The molecule has 20 heavy (non-hydrogen) atoms. The zero-order valence-electron chi connectivity index (χ0n) is 12.7. The summed E-state index contributed by atoms with van der Waals surface area (Å²) >= 11 is 6.17. The molecule has 1 aromatic rings. The van der Waals surface area contributed by atoms with Gasteiger partial charge in [0, 0.05) is 23.7 Å². The van der Waals surface area contributed by atoms with Crippen LogP contribution in [0.5, 0.6) is 0 Å². The van der Waals surface area contributed by atoms with E-state index in [4.69, 9.17) is 17.3 Å². The van der Waals surface area contributed by atoms with Crippen molar-refractivity contribution in [3.05, 3.63) is 34.9 Å². The maximum Gasteiger partial charge on any atom is 0.0499 e. The van der Waals surface area contributed by atoms with Crippen LogP contribution in [-0.4, -0.2) is 24.0 Å². The summed E-state index contributed by atoms with van der Waals surface area (Å²) in [5, 5.41) is 0.801. The molecule has 1 aliphatic carbocycles. The number of likely N-dealkylation sites (N-methyl/N-ethyl adjacent to an activating group) is 1. The minimum Gasteiger partial charge on any atom is -0.326 e. The van der Waals surface area contributed by atoms with Crippen molar-refractivity contribution in [2.45, 2.75) is 51.6 Å².